The number of aliphatic imine (C=N–C) groups is 1. The Labute approximate surface area is 62.2 Å². The van der Waals surface area contributed by atoms with Gasteiger partial charge in [-0.05, 0) is 0 Å². The van der Waals surface area contributed by atoms with Crippen molar-refractivity contribution in [3.05, 3.63) is 0 Å². The van der Waals surface area contributed by atoms with Crippen molar-refractivity contribution in [1.82, 2.24) is 5.43 Å². The van der Waals surface area contributed by atoms with Gasteiger partial charge in [0.15, 0.2) is 0 Å². The third-order valence-electron chi connectivity index (χ3n) is 1.12. The fourth-order valence-corrected chi connectivity index (χ4v) is 0.628. The Hall–Kier alpha value is -0.860. The van der Waals surface area contributed by atoms with Crippen LogP contribution in [0.25, 0.3) is 0 Å². The minimum atomic E-state index is 0.0237. The SMILES string of the molecule is C=NN/C(=N\C)C(C)(C)C. The van der Waals surface area contributed by atoms with Crippen molar-refractivity contribution in [2.75, 3.05) is 7.05 Å². The van der Waals surface area contributed by atoms with Gasteiger partial charge in [0.05, 0.1) is 0 Å². The molecule has 0 aliphatic rings. The quantitative estimate of drug-likeness (QED) is 0.333. The van der Waals surface area contributed by atoms with E-state index in [1.165, 1.54) is 0 Å². The summed E-state index contributed by atoms with van der Waals surface area (Å²) in [7, 11) is 1.73. The van der Waals surface area contributed by atoms with E-state index in [2.05, 4.69) is 43.0 Å². The van der Waals surface area contributed by atoms with Crippen molar-refractivity contribution in [1.29, 1.82) is 0 Å². The van der Waals surface area contributed by atoms with Crippen LogP contribution >= 0.6 is 0 Å². The second-order valence-electron chi connectivity index (χ2n) is 3.09. The van der Waals surface area contributed by atoms with Gasteiger partial charge in [-0.3, -0.25) is 10.4 Å². The van der Waals surface area contributed by atoms with E-state index in [-0.39, 0.29) is 5.41 Å². The molecule has 0 aromatic rings. The molecule has 0 aromatic carbocycles. The summed E-state index contributed by atoms with van der Waals surface area (Å²) in [6.45, 7) is 9.51. The molecule has 0 spiro atoms. The van der Waals surface area contributed by atoms with Crippen LogP contribution in [0.5, 0.6) is 0 Å². The molecule has 0 bridgehead atoms. The maximum Gasteiger partial charge on any atom is 0.122 e. The maximum absolute atomic E-state index is 4.02. The number of rotatable bonds is 1. The van der Waals surface area contributed by atoms with E-state index >= 15 is 0 Å². The average Bonchev–Trinajstić information content (AvgIpc) is 1.80. The fourth-order valence-electron chi connectivity index (χ4n) is 0.628. The molecule has 0 aliphatic heterocycles. The predicted octanol–water partition coefficient (Wildman–Crippen LogP) is 1.27. The molecule has 3 nitrogen and oxygen atoms in total. The van der Waals surface area contributed by atoms with Gasteiger partial charge in [-0.2, -0.15) is 5.10 Å². The molecule has 0 amide bonds. The van der Waals surface area contributed by atoms with Crippen LogP contribution < -0.4 is 5.43 Å². The summed E-state index contributed by atoms with van der Waals surface area (Å²) in [6, 6.07) is 0. The van der Waals surface area contributed by atoms with E-state index in [0.29, 0.717) is 0 Å². The second kappa shape index (κ2) is 3.34. The van der Waals surface area contributed by atoms with Crippen LogP contribution in [-0.4, -0.2) is 19.6 Å². The highest BCUT2D eigenvalue weighted by atomic mass is 15.3. The monoisotopic (exact) mass is 141 g/mol. The standard InChI is InChI=1S/C7H15N3/c1-7(2,3)6(8-4)10-9-5/h5H2,1-4H3,(H,8,10). The molecule has 58 valence electrons. The molecule has 0 rings (SSSR count). The van der Waals surface area contributed by atoms with Crippen molar-refractivity contribution in [2.45, 2.75) is 20.8 Å². The van der Waals surface area contributed by atoms with Crippen molar-refractivity contribution in [3.8, 4) is 0 Å². The summed E-state index contributed by atoms with van der Waals surface area (Å²) in [6.07, 6.45) is 0. The first kappa shape index (κ1) is 9.14. The zero-order valence-electron chi connectivity index (χ0n) is 7.10. The van der Waals surface area contributed by atoms with E-state index in [1.807, 2.05) is 0 Å². The summed E-state index contributed by atoms with van der Waals surface area (Å²) in [4.78, 5) is 4.02. The summed E-state index contributed by atoms with van der Waals surface area (Å²) in [5.74, 6) is 0.850. The van der Waals surface area contributed by atoms with E-state index in [4.69, 9.17) is 0 Å². The van der Waals surface area contributed by atoms with Gasteiger partial charge in [-0.25, -0.2) is 0 Å². The molecule has 3 heteroatoms. The predicted molar refractivity (Wildman–Crippen MR) is 45.5 cm³/mol. The molecule has 0 unspecified atom stereocenters. The second-order valence-corrected chi connectivity index (χ2v) is 3.09. The molecule has 0 aliphatic carbocycles. The molecule has 0 atom stereocenters. The Morgan fingerprint density at radius 2 is 1.90 bits per heavy atom. The van der Waals surface area contributed by atoms with E-state index < -0.39 is 0 Å². The van der Waals surface area contributed by atoms with Crippen LogP contribution in [-0.2, 0) is 0 Å². The first-order chi connectivity index (χ1) is 4.52. The van der Waals surface area contributed by atoms with Gasteiger partial charge in [-0.1, -0.05) is 20.8 Å². The van der Waals surface area contributed by atoms with Gasteiger partial charge < -0.3 is 0 Å². The van der Waals surface area contributed by atoms with E-state index in [1.54, 1.807) is 7.05 Å². The fraction of sp³-hybridized carbons (Fsp3) is 0.714. The normalized spacial score (nSPS) is 13.0. The van der Waals surface area contributed by atoms with Gasteiger partial charge in [-0.15, -0.1) is 0 Å². The summed E-state index contributed by atoms with van der Waals surface area (Å²) in [5, 5.41) is 3.54. The number of hydrogen-bond acceptors (Lipinski definition) is 2. The highest BCUT2D eigenvalue weighted by molar-refractivity contribution is 5.86. The number of nitrogens with one attached hydrogen (secondary N) is 1. The summed E-state index contributed by atoms with van der Waals surface area (Å²) >= 11 is 0. The molecule has 10 heavy (non-hydrogen) atoms. The van der Waals surface area contributed by atoms with Crippen molar-refractivity contribution >= 4 is 12.6 Å². The van der Waals surface area contributed by atoms with Gasteiger partial charge in [0.25, 0.3) is 0 Å². The topological polar surface area (TPSA) is 36.8 Å². The molecule has 0 aromatic heterocycles. The molecule has 0 saturated carbocycles. The molecule has 0 radical (unpaired) electrons. The van der Waals surface area contributed by atoms with Crippen molar-refractivity contribution < 1.29 is 0 Å². The van der Waals surface area contributed by atoms with Crippen LogP contribution in [0.3, 0.4) is 0 Å². The number of amidine groups is 1. The Balaban J connectivity index is 4.23. The highest BCUT2D eigenvalue weighted by Gasteiger charge is 2.16. The maximum atomic E-state index is 4.02. The lowest BCUT2D eigenvalue weighted by atomic mass is 9.95. The smallest absolute Gasteiger partial charge is 0.122 e. The van der Waals surface area contributed by atoms with Crippen LogP contribution in [0.4, 0.5) is 0 Å². The lowest BCUT2D eigenvalue weighted by Crippen LogP contribution is -2.31. The lowest BCUT2D eigenvalue weighted by molar-refractivity contribution is 0.566. The number of hydrazone groups is 1. The van der Waals surface area contributed by atoms with Crippen LogP contribution in [0.2, 0.25) is 0 Å². The Bertz CT molecular complexity index is 141. The van der Waals surface area contributed by atoms with Crippen LogP contribution in [0.1, 0.15) is 20.8 Å². The van der Waals surface area contributed by atoms with Gasteiger partial charge in [0, 0.05) is 19.2 Å². The van der Waals surface area contributed by atoms with Crippen molar-refractivity contribution in [3.63, 3.8) is 0 Å². The molecule has 0 heterocycles. The molecular formula is C7H15N3. The van der Waals surface area contributed by atoms with Crippen LogP contribution in [0, 0.1) is 5.41 Å². The first-order valence-corrected chi connectivity index (χ1v) is 3.21. The minimum Gasteiger partial charge on any atom is -0.274 e. The van der Waals surface area contributed by atoms with E-state index in [0.717, 1.165) is 5.84 Å². The Kier molecular flexibility index (Phi) is 3.06. The zero-order valence-corrected chi connectivity index (χ0v) is 7.10. The minimum absolute atomic E-state index is 0.0237. The van der Waals surface area contributed by atoms with Crippen molar-refractivity contribution in [2.24, 2.45) is 15.5 Å². The Morgan fingerprint density at radius 3 is 2.00 bits per heavy atom. The third kappa shape index (κ3) is 2.62. The molecule has 0 saturated heterocycles. The third-order valence-corrected chi connectivity index (χ3v) is 1.12. The number of hydrogen-bond donors (Lipinski definition) is 1. The largest absolute Gasteiger partial charge is 0.274 e. The van der Waals surface area contributed by atoms with Crippen LogP contribution in [0.15, 0.2) is 10.1 Å². The van der Waals surface area contributed by atoms with E-state index in [9.17, 15) is 0 Å². The Morgan fingerprint density at radius 1 is 1.40 bits per heavy atom. The molecular weight excluding hydrogens is 126 g/mol. The number of nitrogens with zero attached hydrogens (tertiary/aromatic N) is 2. The van der Waals surface area contributed by atoms with Gasteiger partial charge in [0.1, 0.15) is 5.84 Å². The lowest BCUT2D eigenvalue weighted by Gasteiger charge is -2.19. The molecule has 1 N–H and O–H groups in total. The van der Waals surface area contributed by atoms with Gasteiger partial charge in [0.2, 0.25) is 0 Å². The zero-order chi connectivity index (χ0) is 8.20. The average molecular weight is 141 g/mol. The highest BCUT2D eigenvalue weighted by Crippen LogP contribution is 2.13. The van der Waals surface area contributed by atoms with Gasteiger partial charge >= 0.3 is 0 Å². The molecule has 0 fully saturated rings. The summed E-state index contributed by atoms with van der Waals surface area (Å²) < 4.78 is 0. The first-order valence-electron chi connectivity index (χ1n) is 3.21. The summed E-state index contributed by atoms with van der Waals surface area (Å²) in [5.41, 5.74) is 2.76.